The van der Waals surface area contributed by atoms with Crippen LogP contribution in [0.4, 0.5) is 0 Å². The van der Waals surface area contributed by atoms with Gasteiger partial charge in [-0.05, 0) is 56.5 Å². The van der Waals surface area contributed by atoms with Crippen molar-refractivity contribution in [2.24, 2.45) is 0 Å². The van der Waals surface area contributed by atoms with Gasteiger partial charge in [0.25, 0.3) is 0 Å². The number of hydrogen-bond acceptors (Lipinski definition) is 2. The van der Waals surface area contributed by atoms with E-state index < -0.39 is 0 Å². The number of fused-ring (bicyclic) bond motifs is 1. The molecule has 0 N–H and O–H groups in total. The standard InChI is InChI=1S/C18H23BO2/c1-13-10-11-14-8-6-7-9-15(14)16(13)12-19-20-17(2,3)18(4,5)21-19/h6-11H,12H2,1-5H3. The van der Waals surface area contributed by atoms with Crippen LogP contribution < -0.4 is 0 Å². The molecule has 0 saturated carbocycles. The van der Waals surface area contributed by atoms with E-state index in [1.165, 1.54) is 21.9 Å². The Balaban J connectivity index is 1.95. The first-order chi connectivity index (χ1) is 9.80. The Hall–Kier alpha value is -1.32. The van der Waals surface area contributed by atoms with Gasteiger partial charge < -0.3 is 9.31 Å². The summed E-state index contributed by atoms with van der Waals surface area (Å²) in [6.07, 6.45) is 0.792. The summed E-state index contributed by atoms with van der Waals surface area (Å²) in [6, 6.07) is 12.9. The molecule has 0 bridgehead atoms. The fourth-order valence-corrected chi connectivity index (χ4v) is 2.93. The van der Waals surface area contributed by atoms with Crippen LogP contribution in [-0.4, -0.2) is 18.3 Å². The van der Waals surface area contributed by atoms with Gasteiger partial charge in [0.2, 0.25) is 0 Å². The molecule has 0 aliphatic carbocycles. The highest BCUT2D eigenvalue weighted by Crippen LogP contribution is 2.38. The summed E-state index contributed by atoms with van der Waals surface area (Å²) >= 11 is 0. The van der Waals surface area contributed by atoms with Gasteiger partial charge in [-0.3, -0.25) is 0 Å². The zero-order valence-corrected chi connectivity index (χ0v) is 13.6. The van der Waals surface area contributed by atoms with Crippen molar-refractivity contribution in [1.29, 1.82) is 0 Å². The van der Waals surface area contributed by atoms with Gasteiger partial charge in [-0.2, -0.15) is 0 Å². The van der Waals surface area contributed by atoms with E-state index in [0.717, 1.165) is 6.32 Å². The van der Waals surface area contributed by atoms with E-state index in [9.17, 15) is 0 Å². The third-order valence-electron chi connectivity index (χ3n) is 4.95. The minimum absolute atomic E-state index is 0.181. The lowest BCUT2D eigenvalue weighted by atomic mass is 9.77. The highest BCUT2D eigenvalue weighted by molar-refractivity contribution is 6.45. The van der Waals surface area contributed by atoms with Crippen molar-refractivity contribution >= 4 is 17.9 Å². The van der Waals surface area contributed by atoms with Crippen molar-refractivity contribution in [3.05, 3.63) is 47.5 Å². The van der Waals surface area contributed by atoms with E-state index in [1.807, 2.05) is 0 Å². The smallest absolute Gasteiger partial charge is 0.403 e. The molecule has 1 aliphatic rings. The molecule has 1 heterocycles. The van der Waals surface area contributed by atoms with E-state index >= 15 is 0 Å². The molecule has 0 amide bonds. The molecule has 3 heteroatoms. The lowest BCUT2D eigenvalue weighted by molar-refractivity contribution is 0.00578. The van der Waals surface area contributed by atoms with Crippen LogP contribution in [0.25, 0.3) is 10.8 Å². The van der Waals surface area contributed by atoms with Crippen LogP contribution in [0.3, 0.4) is 0 Å². The molecule has 1 fully saturated rings. The lowest BCUT2D eigenvalue weighted by Gasteiger charge is -2.32. The molecule has 2 aromatic carbocycles. The molecule has 21 heavy (non-hydrogen) atoms. The van der Waals surface area contributed by atoms with Crippen molar-refractivity contribution in [1.82, 2.24) is 0 Å². The Morgan fingerprint density at radius 3 is 2.19 bits per heavy atom. The highest BCUT2D eigenvalue weighted by atomic mass is 16.7. The van der Waals surface area contributed by atoms with Crippen molar-refractivity contribution < 1.29 is 9.31 Å². The van der Waals surface area contributed by atoms with E-state index in [1.54, 1.807) is 0 Å². The lowest BCUT2D eigenvalue weighted by Crippen LogP contribution is -2.41. The maximum absolute atomic E-state index is 6.15. The fraction of sp³-hybridized carbons (Fsp3) is 0.444. The monoisotopic (exact) mass is 282 g/mol. The van der Waals surface area contributed by atoms with Gasteiger partial charge in [-0.25, -0.2) is 0 Å². The van der Waals surface area contributed by atoms with Gasteiger partial charge in [0.15, 0.2) is 0 Å². The third-order valence-corrected chi connectivity index (χ3v) is 4.95. The van der Waals surface area contributed by atoms with Crippen LogP contribution in [0.15, 0.2) is 36.4 Å². The molecule has 3 rings (SSSR count). The third kappa shape index (κ3) is 2.49. The second kappa shape index (κ2) is 4.86. The van der Waals surface area contributed by atoms with E-state index in [4.69, 9.17) is 9.31 Å². The Labute approximate surface area is 127 Å². The van der Waals surface area contributed by atoms with Crippen molar-refractivity contribution in [3.8, 4) is 0 Å². The number of hydrogen-bond donors (Lipinski definition) is 0. The maximum atomic E-state index is 6.15. The highest BCUT2D eigenvalue weighted by Gasteiger charge is 2.50. The Morgan fingerprint density at radius 1 is 0.905 bits per heavy atom. The number of benzene rings is 2. The summed E-state index contributed by atoms with van der Waals surface area (Å²) in [4.78, 5) is 0. The second-order valence-electron chi connectivity index (χ2n) is 6.97. The van der Waals surface area contributed by atoms with Gasteiger partial charge >= 0.3 is 7.12 Å². The zero-order chi connectivity index (χ0) is 15.3. The summed E-state index contributed by atoms with van der Waals surface area (Å²) in [5.74, 6) is 0. The Morgan fingerprint density at radius 2 is 1.52 bits per heavy atom. The minimum Gasteiger partial charge on any atom is -0.403 e. The molecule has 0 spiro atoms. The number of rotatable bonds is 2. The average Bonchev–Trinajstić information content (AvgIpc) is 2.61. The van der Waals surface area contributed by atoms with Crippen molar-refractivity contribution in [3.63, 3.8) is 0 Å². The first-order valence-electron chi connectivity index (χ1n) is 7.63. The summed E-state index contributed by atoms with van der Waals surface area (Å²) < 4.78 is 12.3. The van der Waals surface area contributed by atoms with Crippen LogP contribution >= 0.6 is 0 Å². The predicted molar refractivity (Wildman–Crippen MR) is 88.5 cm³/mol. The van der Waals surface area contributed by atoms with Gasteiger partial charge in [0.1, 0.15) is 0 Å². The molecular weight excluding hydrogens is 259 g/mol. The van der Waals surface area contributed by atoms with Gasteiger partial charge in [-0.1, -0.05) is 36.4 Å². The van der Waals surface area contributed by atoms with Gasteiger partial charge in [-0.15, -0.1) is 0 Å². The SMILES string of the molecule is Cc1ccc2ccccc2c1CB1OC(C)(C)C(C)(C)O1. The van der Waals surface area contributed by atoms with Crippen LogP contribution in [0.2, 0.25) is 0 Å². The van der Waals surface area contributed by atoms with E-state index in [2.05, 4.69) is 71.0 Å². The van der Waals surface area contributed by atoms with E-state index in [0.29, 0.717) is 0 Å². The topological polar surface area (TPSA) is 18.5 Å². The van der Waals surface area contributed by atoms with E-state index in [-0.39, 0.29) is 18.3 Å². The normalized spacial score (nSPS) is 20.1. The van der Waals surface area contributed by atoms with Crippen LogP contribution in [-0.2, 0) is 15.6 Å². The molecule has 2 aromatic rings. The molecule has 2 nitrogen and oxygen atoms in total. The largest absolute Gasteiger partial charge is 0.462 e. The molecule has 0 radical (unpaired) electrons. The predicted octanol–water partition coefficient (Wildman–Crippen LogP) is 4.32. The molecule has 1 aliphatic heterocycles. The van der Waals surface area contributed by atoms with Crippen molar-refractivity contribution in [2.45, 2.75) is 52.1 Å². The molecule has 0 atom stereocenters. The van der Waals surface area contributed by atoms with Crippen molar-refractivity contribution in [2.75, 3.05) is 0 Å². The zero-order valence-electron chi connectivity index (χ0n) is 13.6. The molecule has 0 unspecified atom stereocenters. The van der Waals surface area contributed by atoms with Crippen LogP contribution in [0, 0.1) is 6.92 Å². The Kier molecular flexibility index (Phi) is 3.38. The Bertz CT molecular complexity index is 660. The molecule has 0 aromatic heterocycles. The van der Waals surface area contributed by atoms with Crippen LogP contribution in [0.1, 0.15) is 38.8 Å². The van der Waals surface area contributed by atoms with Crippen LogP contribution in [0.5, 0.6) is 0 Å². The first-order valence-corrected chi connectivity index (χ1v) is 7.63. The molecular formula is C18H23BO2. The average molecular weight is 282 g/mol. The fourth-order valence-electron chi connectivity index (χ4n) is 2.93. The summed E-state index contributed by atoms with van der Waals surface area (Å²) in [5.41, 5.74) is 2.08. The summed E-state index contributed by atoms with van der Waals surface area (Å²) in [7, 11) is -0.181. The summed E-state index contributed by atoms with van der Waals surface area (Å²) in [6.45, 7) is 10.6. The first kappa shape index (κ1) is 14.6. The number of aryl methyl sites for hydroxylation is 1. The minimum atomic E-state index is -0.268. The molecule has 1 saturated heterocycles. The molecule has 110 valence electrons. The van der Waals surface area contributed by atoms with Gasteiger partial charge in [0, 0.05) is 6.32 Å². The maximum Gasteiger partial charge on any atom is 0.462 e. The summed E-state index contributed by atoms with van der Waals surface area (Å²) in [5, 5.41) is 2.57. The quantitative estimate of drug-likeness (QED) is 0.764. The van der Waals surface area contributed by atoms with Gasteiger partial charge in [0.05, 0.1) is 11.2 Å². The second-order valence-corrected chi connectivity index (χ2v) is 6.97.